The molecule has 7 nitrogen and oxygen atoms in total. The van der Waals surface area contributed by atoms with Crippen LogP contribution < -0.4 is 4.90 Å². The van der Waals surface area contributed by atoms with Crippen LogP contribution in [0.1, 0.15) is 37.8 Å². The van der Waals surface area contributed by atoms with E-state index in [9.17, 15) is 19.5 Å². The van der Waals surface area contributed by atoms with Crippen molar-refractivity contribution >= 4 is 46.8 Å². The second-order valence-electron chi connectivity index (χ2n) is 12.1. The predicted octanol–water partition coefficient (Wildman–Crippen LogP) is 5.24. The molecule has 1 N–H and O–H groups in total. The molecule has 2 aromatic rings. The number of carbonyl (C=O) groups is 3. The van der Waals surface area contributed by atoms with Crippen molar-refractivity contribution < 1.29 is 19.5 Å². The summed E-state index contributed by atoms with van der Waals surface area (Å²) in [4.78, 5) is 48.8. The van der Waals surface area contributed by atoms with Crippen LogP contribution in [0.3, 0.4) is 0 Å². The van der Waals surface area contributed by atoms with Crippen LogP contribution in [-0.4, -0.2) is 73.9 Å². The first-order valence-electron chi connectivity index (χ1n) is 14.8. The van der Waals surface area contributed by atoms with Gasteiger partial charge in [-0.15, -0.1) is 24.9 Å². The summed E-state index contributed by atoms with van der Waals surface area (Å²) in [7, 11) is 0. The number of aryl methyl sites for hydroxylation is 1. The van der Waals surface area contributed by atoms with Gasteiger partial charge in [-0.25, -0.2) is 0 Å². The van der Waals surface area contributed by atoms with Crippen molar-refractivity contribution in [1.29, 1.82) is 0 Å². The van der Waals surface area contributed by atoms with Crippen LogP contribution in [0.5, 0.6) is 0 Å². The Balaban J connectivity index is 1.59. The number of carbonyl (C=O) groups excluding carboxylic acids is 3. The molecule has 3 amide bonds. The van der Waals surface area contributed by atoms with E-state index in [4.69, 9.17) is 11.6 Å². The molecule has 0 saturated carbocycles. The van der Waals surface area contributed by atoms with Crippen molar-refractivity contribution in [3.05, 3.63) is 90.0 Å². The van der Waals surface area contributed by atoms with Crippen LogP contribution in [0.4, 0.5) is 5.69 Å². The summed E-state index contributed by atoms with van der Waals surface area (Å²) in [6.45, 7) is 14.1. The fraction of sp³-hybridized carbons (Fsp3) is 0.441. The molecular weight excluding hydrogens is 582 g/mol. The molecule has 2 unspecified atom stereocenters. The van der Waals surface area contributed by atoms with Gasteiger partial charge in [-0.1, -0.05) is 66.2 Å². The third-order valence-corrected chi connectivity index (χ3v) is 11.7. The summed E-state index contributed by atoms with van der Waals surface area (Å²) in [5, 5.41) is 10.7. The molecule has 1 spiro atoms. The Morgan fingerprint density at radius 3 is 2.44 bits per heavy atom. The van der Waals surface area contributed by atoms with Gasteiger partial charge in [0.1, 0.15) is 6.04 Å². The number of hydrogen-bond donors (Lipinski definition) is 1. The number of halogens is 1. The zero-order valence-corrected chi connectivity index (χ0v) is 26.6. The molecule has 228 valence electrons. The highest BCUT2D eigenvalue weighted by molar-refractivity contribution is 8.02. The summed E-state index contributed by atoms with van der Waals surface area (Å²) < 4.78 is -1.35. The number of benzene rings is 2. The summed E-state index contributed by atoms with van der Waals surface area (Å²) in [6, 6.07) is 13.8. The number of nitrogens with zero attached hydrogens (tertiary/aromatic N) is 3. The molecule has 3 aliphatic heterocycles. The number of anilines is 1. The van der Waals surface area contributed by atoms with Crippen molar-refractivity contribution in [1.82, 2.24) is 9.80 Å². The van der Waals surface area contributed by atoms with Gasteiger partial charge in [-0.05, 0) is 50.8 Å². The molecule has 3 saturated heterocycles. The summed E-state index contributed by atoms with van der Waals surface area (Å²) in [5.41, 5.74) is 2.39. The lowest BCUT2D eigenvalue weighted by atomic mass is 9.66. The Kier molecular flexibility index (Phi) is 8.85. The molecule has 0 aliphatic carbocycles. The number of hydrogen-bond acceptors (Lipinski definition) is 5. The first-order chi connectivity index (χ1) is 20.5. The number of aliphatic hydroxyl groups excluding tert-OH is 1. The minimum absolute atomic E-state index is 0.103. The van der Waals surface area contributed by atoms with E-state index < -0.39 is 33.4 Å². The number of likely N-dealkylation sites (tertiary alicyclic amines) is 1. The van der Waals surface area contributed by atoms with E-state index in [1.165, 1.54) is 0 Å². The van der Waals surface area contributed by atoms with Gasteiger partial charge in [0, 0.05) is 24.4 Å². The lowest BCUT2D eigenvalue weighted by Gasteiger charge is -2.39. The molecule has 2 aromatic carbocycles. The second-order valence-corrected chi connectivity index (χ2v) is 14.4. The van der Waals surface area contributed by atoms with Crippen LogP contribution >= 0.6 is 23.4 Å². The van der Waals surface area contributed by atoms with Gasteiger partial charge in [0.05, 0.1) is 39.9 Å². The maximum absolute atomic E-state index is 14.8. The van der Waals surface area contributed by atoms with Gasteiger partial charge < -0.3 is 19.8 Å². The number of para-hydroxylation sites is 1. The SMILES string of the molecule is C=CCN(Cc1ccccc1)C(=O)[C@H]1[C@H]2C(=O)N([C@H](C)CO)C(C(=O)N(CC=C)c3c(C)cccc3Cl)C23CC[C@]1(C)S3. The minimum Gasteiger partial charge on any atom is -0.394 e. The van der Waals surface area contributed by atoms with E-state index in [-0.39, 0.29) is 30.9 Å². The van der Waals surface area contributed by atoms with E-state index in [1.807, 2.05) is 49.4 Å². The fourth-order valence-electron chi connectivity index (χ4n) is 7.50. The normalized spacial score (nSPS) is 28.0. The summed E-state index contributed by atoms with van der Waals surface area (Å²) in [5.74, 6) is -1.95. The van der Waals surface area contributed by atoms with Gasteiger partial charge in [0.25, 0.3) is 5.91 Å². The molecule has 2 bridgehead atoms. The zero-order valence-electron chi connectivity index (χ0n) is 25.0. The van der Waals surface area contributed by atoms with E-state index in [1.54, 1.807) is 51.6 Å². The number of fused-ring (bicyclic) bond motifs is 1. The van der Waals surface area contributed by atoms with Crippen molar-refractivity contribution in [3.63, 3.8) is 0 Å². The Morgan fingerprint density at radius 1 is 1.12 bits per heavy atom. The Hall–Kier alpha value is -3.07. The molecule has 43 heavy (non-hydrogen) atoms. The Labute approximate surface area is 263 Å². The third kappa shape index (κ3) is 5.11. The average molecular weight is 622 g/mol. The van der Waals surface area contributed by atoms with Gasteiger partial charge in [0.2, 0.25) is 11.8 Å². The van der Waals surface area contributed by atoms with Crippen molar-refractivity contribution in [2.75, 3.05) is 24.6 Å². The van der Waals surface area contributed by atoms with E-state index in [0.717, 1.165) is 11.1 Å². The zero-order chi connectivity index (χ0) is 31.1. The number of rotatable bonds is 11. The monoisotopic (exact) mass is 621 g/mol. The molecule has 6 atom stereocenters. The number of amides is 3. The summed E-state index contributed by atoms with van der Waals surface area (Å²) in [6.07, 6.45) is 4.67. The van der Waals surface area contributed by atoms with Crippen LogP contribution in [0.25, 0.3) is 0 Å². The number of aliphatic hydroxyl groups is 1. The molecule has 0 radical (unpaired) electrons. The molecule has 9 heteroatoms. The first kappa shape index (κ1) is 31.4. The molecule has 3 heterocycles. The smallest absolute Gasteiger partial charge is 0.251 e. The van der Waals surface area contributed by atoms with Crippen LogP contribution in [0, 0.1) is 18.8 Å². The van der Waals surface area contributed by atoms with Crippen molar-refractivity contribution in [2.24, 2.45) is 11.8 Å². The van der Waals surface area contributed by atoms with Gasteiger partial charge >= 0.3 is 0 Å². The Morgan fingerprint density at radius 2 is 1.81 bits per heavy atom. The number of thioether (sulfide) groups is 1. The summed E-state index contributed by atoms with van der Waals surface area (Å²) >= 11 is 8.28. The van der Waals surface area contributed by atoms with E-state index in [2.05, 4.69) is 20.1 Å². The second kappa shape index (κ2) is 12.1. The minimum atomic E-state index is -0.880. The standard InChI is InChI=1S/C34H40ClN3O4S/c1-6-18-36(20-24-13-9-8-10-14-24)30(40)26-27-31(41)38(23(4)21-39)29(34(27)17-16-33(26,5)43-34)32(42)37(19-7-2)28-22(3)12-11-15-25(28)35/h6-15,23,26-27,29,39H,1-2,16-21H2,3-5H3/t23-,26-,27+,29?,33+,34?/m1/s1. The van der Waals surface area contributed by atoms with Gasteiger partial charge in [0.15, 0.2) is 0 Å². The van der Waals surface area contributed by atoms with E-state index in [0.29, 0.717) is 36.6 Å². The fourth-order valence-corrected chi connectivity index (χ4v) is 10.2. The van der Waals surface area contributed by atoms with Gasteiger partial charge in [-0.2, -0.15) is 0 Å². The average Bonchev–Trinajstić information content (AvgIpc) is 3.56. The lowest BCUT2D eigenvalue weighted by molar-refractivity contribution is -0.146. The lowest BCUT2D eigenvalue weighted by Crippen LogP contribution is -2.57. The highest BCUT2D eigenvalue weighted by atomic mass is 35.5. The molecule has 3 aliphatic rings. The maximum Gasteiger partial charge on any atom is 0.251 e. The molecule has 0 aromatic heterocycles. The predicted molar refractivity (Wildman–Crippen MR) is 173 cm³/mol. The topological polar surface area (TPSA) is 81.2 Å². The Bertz CT molecular complexity index is 1420. The molecular formula is C34H40ClN3O4S. The van der Waals surface area contributed by atoms with Gasteiger partial charge in [-0.3, -0.25) is 14.4 Å². The molecule has 5 rings (SSSR count). The maximum atomic E-state index is 14.8. The highest BCUT2D eigenvalue weighted by Crippen LogP contribution is 2.72. The highest BCUT2D eigenvalue weighted by Gasteiger charge is 2.78. The van der Waals surface area contributed by atoms with Crippen molar-refractivity contribution in [2.45, 2.75) is 61.7 Å². The third-order valence-electron chi connectivity index (χ3n) is 9.37. The van der Waals surface area contributed by atoms with E-state index >= 15 is 0 Å². The molecule has 3 fully saturated rings. The van der Waals surface area contributed by atoms with Crippen molar-refractivity contribution in [3.8, 4) is 0 Å². The largest absolute Gasteiger partial charge is 0.394 e. The van der Waals surface area contributed by atoms with Crippen LogP contribution in [0.15, 0.2) is 73.8 Å². The van der Waals surface area contributed by atoms with Crippen LogP contribution in [-0.2, 0) is 20.9 Å². The van der Waals surface area contributed by atoms with Crippen LogP contribution in [0.2, 0.25) is 5.02 Å². The first-order valence-corrected chi connectivity index (χ1v) is 16.0. The quantitative estimate of drug-likeness (QED) is 0.347.